The minimum atomic E-state index is -1.33. The van der Waals surface area contributed by atoms with Crippen LogP contribution in [0.2, 0.25) is 0 Å². The number of carbonyl (C=O) groups is 2. The Morgan fingerprint density at radius 3 is 2.67 bits per heavy atom. The Hall–Kier alpha value is -2.55. The second-order valence-electron chi connectivity index (χ2n) is 4.62. The highest BCUT2D eigenvalue weighted by molar-refractivity contribution is 6.00. The van der Waals surface area contributed by atoms with Crippen LogP contribution >= 0.6 is 0 Å². The molecule has 1 aliphatic rings. The van der Waals surface area contributed by atoms with Gasteiger partial charge in [-0.25, -0.2) is 9.18 Å². The van der Waals surface area contributed by atoms with Crippen LogP contribution in [0.3, 0.4) is 0 Å². The molecule has 2 atom stereocenters. The van der Waals surface area contributed by atoms with Crippen molar-refractivity contribution >= 4 is 17.6 Å². The number of likely N-dealkylation sites (tertiary alicyclic amines) is 1. The summed E-state index contributed by atoms with van der Waals surface area (Å²) in [4.78, 5) is 34.2. The molecule has 21 heavy (non-hydrogen) atoms. The van der Waals surface area contributed by atoms with E-state index in [2.05, 4.69) is 0 Å². The van der Waals surface area contributed by atoms with E-state index >= 15 is 0 Å². The van der Waals surface area contributed by atoms with E-state index in [-0.39, 0.29) is 13.0 Å². The van der Waals surface area contributed by atoms with E-state index in [4.69, 9.17) is 5.11 Å². The number of aliphatic hydroxyl groups excluding tert-OH is 1. The van der Waals surface area contributed by atoms with Gasteiger partial charge in [0.05, 0.1) is 11.0 Å². The molecule has 0 aliphatic carbocycles. The van der Waals surface area contributed by atoms with Gasteiger partial charge in [0.25, 0.3) is 11.6 Å². The summed E-state index contributed by atoms with van der Waals surface area (Å²) in [5, 5.41) is 29.4. The maximum absolute atomic E-state index is 13.2. The number of carbonyl (C=O) groups excluding carboxylic acids is 1. The fourth-order valence-electron chi connectivity index (χ4n) is 2.27. The van der Waals surface area contributed by atoms with Gasteiger partial charge < -0.3 is 15.1 Å². The van der Waals surface area contributed by atoms with Gasteiger partial charge in [-0.15, -0.1) is 0 Å². The van der Waals surface area contributed by atoms with Gasteiger partial charge in [-0.1, -0.05) is 0 Å². The molecule has 0 radical (unpaired) electrons. The third-order valence-corrected chi connectivity index (χ3v) is 3.21. The highest BCUT2D eigenvalue weighted by Crippen LogP contribution is 2.26. The molecule has 0 aromatic heterocycles. The van der Waals surface area contributed by atoms with Crippen molar-refractivity contribution in [1.29, 1.82) is 0 Å². The summed E-state index contributed by atoms with van der Waals surface area (Å²) in [5.74, 6) is -3.18. The van der Waals surface area contributed by atoms with Crippen molar-refractivity contribution in [2.24, 2.45) is 0 Å². The molecule has 0 saturated carbocycles. The van der Waals surface area contributed by atoms with Crippen molar-refractivity contribution in [3.8, 4) is 0 Å². The number of nitro groups is 1. The minimum absolute atomic E-state index is 0.176. The van der Waals surface area contributed by atoms with Crippen LogP contribution in [-0.4, -0.2) is 50.6 Å². The normalized spacial score (nSPS) is 21.3. The molecule has 1 aromatic rings. The molecule has 2 rings (SSSR count). The van der Waals surface area contributed by atoms with E-state index in [0.717, 1.165) is 17.0 Å². The Balaban J connectivity index is 2.42. The van der Waals surface area contributed by atoms with Crippen LogP contribution < -0.4 is 0 Å². The largest absolute Gasteiger partial charge is 0.480 e. The lowest BCUT2D eigenvalue weighted by Gasteiger charge is -2.21. The number of carboxylic acids is 1. The maximum atomic E-state index is 13.2. The van der Waals surface area contributed by atoms with E-state index in [1.165, 1.54) is 0 Å². The van der Waals surface area contributed by atoms with Crippen LogP contribution in [0.4, 0.5) is 10.1 Å². The Labute approximate surface area is 117 Å². The van der Waals surface area contributed by atoms with Crippen molar-refractivity contribution in [3.63, 3.8) is 0 Å². The van der Waals surface area contributed by atoms with Gasteiger partial charge in [-0.3, -0.25) is 14.9 Å². The van der Waals surface area contributed by atoms with E-state index < -0.39 is 46.0 Å². The highest BCUT2D eigenvalue weighted by Gasteiger charge is 2.40. The third-order valence-electron chi connectivity index (χ3n) is 3.21. The zero-order valence-electron chi connectivity index (χ0n) is 10.6. The summed E-state index contributed by atoms with van der Waals surface area (Å²) < 4.78 is 13.2. The molecule has 1 amide bonds. The van der Waals surface area contributed by atoms with Gasteiger partial charge in [0.15, 0.2) is 0 Å². The zero-order chi connectivity index (χ0) is 15.7. The van der Waals surface area contributed by atoms with Gasteiger partial charge in [-0.2, -0.15) is 0 Å². The number of hydrogen-bond acceptors (Lipinski definition) is 5. The number of benzene rings is 1. The molecule has 1 heterocycles. The number of amides is 1. The van der Waals surface area contributed by atoms with E-state index in [1.54, 1.807) is 0 Å². The van der Waals surface area contributed by atoms with Crippen LogP contribution in [0.1, 0.15) is 16.8 Å². The predicted octanol–water partition coefficient (Wildman–Crippen LogP) is 0.394. The molecule has 112 valence electrons. The molecule has 1 aromatic carbocycles. The molecule has 1 fully saturated rings. The molecular formula is C12H11FN2O6. The number of carboxylic acid groups (broad SMARTS) is 1. The van der Waals surface area contributed by atoms with Crippen molar-refractivity contribution in [2.75, 3.05) is 6.54 Å². The van der Waals surface area contributed by atoms with E-state index in [9.17, 15) is 29.2 Å². The van der Waals surface area contributed by atoms with Crippen LogP contribution in [0.5, 0.6) is 0 Å². The average molecular weight is 298 g/mol. The summed E-state index contributed by atoms with van der Waals surface area (Å²) in [5.41, 5.74) is -1.16. The zero-order valence-corrected chi connectivity index (χ0v) is 10.6. The molecule has 8 nitrogen and oxygen atoms in total. The SMILES string of the molecule is O=C(O)[C@@H]1C[C@@H](O)CN1C(=O)c1cc(F)ccc1[N+](=O)[O-]. The Morgan fingerprint density at radius 2 is 2.10 bits per heavy atom. The molecule has 0 bridgehead atoms. The molecular weight excluding hydrogens is 287 g/mol. The number of nitro benzene ring substituents is 1. The number of rotatable bonds is 3. The second-order valence-corrected chi connectivity index (χ2v) is 4.62. The van der Waals surface area contributed by atoms with Gasteiger partial charge in [0.2, 0.25) is 0 Å². The smallest absolute Gasteiger partial charge is 0.326 e. The van der Waals surface area contributed by atoms with Gasteiger partial charge in [0.1, 0.15) is 17.4 Å². The van der Waals surface area contributed by atoms with Crippen LogP contribution in [0, 0.1) is 15.9 Å². The predicted molar refractivity (Wildman–Crippen MR) is 66.1 cm³/mol. The topological polar surface area (TPSA) is 121 Å². The third kappa shape index (κ3) is 2.82. The number of halogens is 1. The summed E-state index contributed by atoms with van der Waals surface area (Å²) in [6.45, 7) is -0.274. The second kappa shape index (κ2) is 5.44. The molecule has 0 unspecified atom stereocenters. The number of β-amino-alcohol motifs (C(OH)–C–C–N with tert-alkyl or cyclic N) is 1. The Bertz CT molecular complexity index is 620. The first-order chi connectivity index (χ1) is 9.81. The molecule has 1 aliphatic heterocycles. The molecule has 1 saturated heterocycles. The summed E-state index contributed by atoms with van der Waals surface area (Å²) in [7, 11) is 0. The van der Waals surface area contributed by atoms with Crippen molar-refractivity contribution in [2.45, 2.75) is 18.6 Å². The lowest BCUT2D eigenvalue weighted by molar-refractivity contribution is -0.385. The molecule has 0 spiro atoms. The number of nitrogens with zero attached hydrogens (tertiary/aromatic N) is 2. The van der Waals surface area contributed by atoms with Gasteiger partial charge in [-0.05, 0) is 12.1 Å². The fourth-order valence-corrected chi connectivity index (χ4v) is 2.27. The van der Waals surface area contributed by atoms with Gasteiger partial charge >= 0.3 is 5.97 Å². The lowest BCUT2D eigenvalue weighted by atomic mass is 10.1. The lowest BCUT2D eigenvalue weighted by Crippen LogP contribution is -2.40. The first-order valence-electron chi connectivity index (χ1n) is 5.97. The number of aliphatic hydroxyl groups is 1. The van der Waals surface area contributed by atoms with Crippen LogP contribution in [-0.2, 0) is 4.79 Å². The van der Waals surface area contributed by atoms with Crippen LogP contribution in [0.15, 0.2) is 18.2 Å². The average Bonchev–Trinajstić information content (AvgIpc) is 2.79. The Kier molecular flexibility index (Phi) is 3.85. The summed E-state index contributed by atoms with van der Waals surface area (Å²) >= 11 is 0. The van der Waals surface area contributed by atoms with Crippen molar-refractivity contribution in [1.82, 2.24) is 4.90 Å². The van der Waals surface area contributed by atoms with E-state index in [1.807, 2.05) is 0 Å². The monoisotopic (exact) mass is 298 g/mol. The van der Waals surface area contributed by atoms with E-state index in [0.29, 0.717) is 6.07 Å². The summed E-state index contributed by atoms with van der Waals surface area (Å²) in [6, 6.07) is 1.06. The van der Waals surface area contributed by atoms with Crippen LogP contribution in [0.25, 0.3) is 0 Å². The van der Waals surface area contributed by atoms with Crippen molar-refractivity contribution < 1.29 is 29.1 Å². The van der Waals surface area contributed by atoms with Gasteiger partial charge in [0, 0.05) is 19.0 Å². The maximum Gasteiger partial charge on any atom is 0.326 e. The Morgan fingerprint density at radius 1 is 1.43 bits per heavy atom. The number of aliphatic carboxylic acids is 1. The van der Waals surface area contributed by atoms with Crippen molar-refractivity contribution in [3.05, 3.63) is 39.7 Å². The minimum Gasteiger partial charge on any atom is -0.480 e. The molecule has 2 N–H and O–H groups in total. The standard InChI is InChI=1S/C12H11FN2O6/c13-6-1-2-9(15(20)21)8(3-6)11(17)14-5-7(16)4-10(14)12(18)19/h1-3,7,10,16H,4-5H2,(H,18,19)/t7-,10+/m1/s1. The first kappa shape index (κ1) is 14.9. The molecule has 9 heteroatoms. The quantitative estimate of drug-likeness (QED) is 0.615. The highest BCUT2D eigenvalue weighted by atomic mass is 19.1. The summed E-state index contributed by atoms with van der Waals surface area (Å²) in [6.07, 6.45) is -1.22. The first-order valence-corrected chi connectivity index (χ1v) is 5.97. The fraction of sp³-hybridized carbons (Fsp3) is 0.333. The number of hydrogen-bond donors (Lipinski definition) is 2.